The van der Waals surface area contributed by atoms with E-state index in [4.69, 9.17) is 4.42 Å². The first-order valence-corrected chi connectivity index (χ1v) is 8.26. The number of carbonyl (C=O) groups is 1. The van der Waals surface area contributed by atoms with Crippen LogP contribution < -0.4 is 5.32 Å². The zero-order valence-electron chi connectivity index (χ0n) is 13.6. The normalized spacial score (nSPS) is 15.4. The average molecular weight is 316 g/mol. The molecular formula is C17H24N4O2. The lowest BCUT2D eigenvalue weighted by Gasteiger charge is -2.16. The summed E-state index contributed by atoms with van der Waals surface area (Å²) >= 11 is 0. The second-order valence-electron chi connectivity index (χ2n) is 6.21. The molecule has 0 bridgehead atoms. The molecule has 2 aromatic heterocycles. The summed E-state index contributed by atoms with van der Waals surface area (Å²) in [6.45, 7) is 1.39. The smallest absolute Gasteiger partial charge is 0.226 e. The van der Waals surface area contributed by atoms with E-state index < -0.39 is 0 Å². The summed E-state index contributed by atoms with van der Waals surface area (Å²) < 4.78 is 7.28. The minimum absolute atomic E-state index is 0.0241. The molecule has 0 spiro atoms. The van der Waals surface area contributed by atoms with Crippen LogP contribution in [0.15, 0.2) is 35.1 Å². The summed E-state index contributed by atoms with van der Waals surface area (Å²) in [6.07, 6.45) is 8.67. The van der Waals surface area contributed by atoms with Gasteiger partial charge >= 0.3 is 0 Å². The number of nitrogens with zero attached hydrogens (tertiary/aromatic N) is 3. The molecular weight excluding hydrogens is 292 g/mol. The fourth-order valence-corrected chi connectivity index (χ4v) is 3.10. The van der Waals surface area contributed by atoms with Crippen molar-refractivity contribution in [3.05, 3.63) is 36.4 Å². The molecule has 23 heavy (non-hydrogen) atoms. The van der Waals surface area contributed by atoms with Gasteiger partial charge in [0.05, 0.1) is 25.0 Å². The number of carbonyl (C=O) groups excluding carboxylic acids is 1. The first kappa shape index (κ1) is 15.8. The second-order valence-corrected chi connectivity index (χ2v) is 6.21. The summed E-state index contributed by atoms with van der Waals surface area (Å²) in [7, 11) is 1.98. The minimum atomic E-state index is 0.0241. The molecule has 0 aliphatic heterocycles. The molecule has 1 amide bonds. The Labute approximate surface area is 136 Å². The molecule has 0 unspecified atom stereocenters. The highest BCUT2D eigenvalue weighted by atomic mass is 16.3. The Kier molecular flexibility index (Phi) is 5.12. The highest BCUT2D eigenvalue weighted by Crippen LogP contribution is 2.31. The first-order chi connectivity index (χ1) is 11.2. The largest absolute Gasteiger partial charge is 0.468 e. The van der Waals surface area contributed by atoms with Crippen LogP contribution in [0.25, 0.3) is 0 Å². The van der Waals surface area contributed by atoms with Gasteiger partial charge in [-0.3, -0.25) is 9.69 Å². The fourth-order valence-electron chi connectivity index (χ4n) is 3.10. The molecule has 6 nitrogen and oxygen atoms in total. The van der Waals surface area contributed by atoms with Crippen LogP contribution in [0.1, 0.15) is 43.9 Å². The summed E-state index contributed by atoms with van der Waals surface area (Å²) in [5, 5.41) is 7.37. The molecule has 1 N–H and O–H groups in total. The summed E-state index contributed by atoms with van der Waals surface area (Å²) in [5.41, 5.74) is 0. The van der Waals surface area contributed by atoms with Crippen molar-refractivity contribution >= 4 is 11.7 Å². The molecule has 2 heterocycles. The van der Waals surface area contributed by atoms with Crippen molar-refractivity contribution in [3.63, 3.8) is 0 Å². The Hall–Kier alpha value is -2.08. The predicted octanol–water partition coefficient (Wildman–Crippen LogP) is 3.05. The third kappa shape index (κ3) is 4.22. The Morgan fingerprint density at radius 3 is 3.00 bits per heavy atom. The summed E-state index contributed by atoms with van der Waals surface area (Å²) in [6, 6.07) is 6.13. The maximum atomic E-state index is 12.2. The van der Waals surface area contributed by atoms with E-state index >= 15 is 0 Å². The lowest BCUT2D eigenvalue weighted by Crippen LogP contribution is -2.25. The van der Waals surface area contributed by atoms with Crippen molar-refractivity contribution in [2.45, 2.75) is 44.7 Å². The van der Waals surface area contributed by atoms with Gasteiger partial charge in [0.2, 0.25) is 5.91 Å². The zero-order chi connectivity index (χ0) is 16.1. The van der Waals surface area contributed by atoms with Gasteiger partial charge in [0, 0.05) is 19.0 Å². The van der Waals surface area contributed by atoms with Gasteiger partial charge in [-0.2, -0.15) is 5.10 Å². The number of furan rings is 1. The summed E-state index contributed by atoms with van der Waals surface area (Å²) in [5.74, 6) is 1.75. The number of aromatic nitrogens is 2. The van der Waals surface area contributed by atoms with E-state index in [-0.39, 0.29) is 5.91 Å². The number of hydrogen-bond acceptors (Lipinski definition) is 4. The number of anilines is 1. The maximum absolute atomic E-state index is 12.2. The molecule has 2 aromatic rings. The van der Waals surface area contributed by atoms with Crippen LogP contribution in [0.5, 0.6) is 0 Å². The van der Waals surface area contributed by atoms with Gasteiger partial charge in [0.25, 0.3) is 0 Å². The van der Waals surface area contributed by atoms with Crippen LogP contribution in [-0.2, 0) is 11.3 Å². The highest BCUT2D eigenvalue weighted by molar-refractivity contribution is 5.89. The van der Waals surface area contributed by atoms with Crippen molar-refractivity contribution in [2.75, 3.05) is 18.9 Å². The molecule has 1 fully saturated rings. The lowest BCUT2D eigenvalue weighted by atomic mass is 10.2. The Balaban J connectivity index is 1.47. The monoisotopic (exact) mass is 316 g/mol. The number of amides is 1. The Bertz CT molecular complexity index is 614. The molecule has 6 heteroatoms. The second kappa shape index (κ2) is 7.46. The van der Waals surface area contributed by atoms with E-state index in [2.05, 4.69) is 15.3 Å². The summed E-state index contributed by atoms with van der Waals surface area (Å²) in [4.78, 5) is 14.3. The number of rotatable bonds is 7. The molecule has 1 aliphatic carbocycles. The van der Waals surface area contributed by atoms with E-state index in [0.29, 0.717) is 25.6 Å². The van der Waals surface area contributed by atoms with Gasteiger partial charge in [0.15, 0.2) is 0 Å². The van der Waals surface area contributed by atoms with E-state index in [1.54, 1.807) is 12.5 Å². The van der Waals surface area contributed by atoms with Crippen LogP contribution in [0.4, 0.5) is 5.82 Å². The quantitative estimate of drug-likeness (QED) is 0.853. The minimum Gasteiger partial charge on any atom is -0.468 e. The molecule has 0 aromatic carbocycles. The molecule has 0 saturated heterocycles. The predicted molar refractivity (Wildman–Crippen MR) is 88.0 cm³/mol. The number of nitrogens with one attached hydrogen (secondary N) is 1. The van der Waals surface area contributed by atoms with Crippen molar-refractivity contribution < 1.29 is 9.21 Å². The lowest BCUT2D eigenvalue weighted by molar-refractivity contribution is -0.116. The van der Waals surface area contributed by atoms with Gasteiger partial charge in [0.1, 0.15) is 11.6 Å². The van der Waals surface area contributed by atoms with Crippen molar-refractivity contribution in [1.82, 2.24) is 14.7 Å². The molecule has 124 valence electrons. The van der Waals surface area contributed by atoms with E-state index in [1.807, 2.05) is 29.9 Å². The van der Waals surface area contributed by atoms with Gasteiger partial charge in [-0.15, -0.1) is 0 Å². The third-order valence-electron chi connectivity index (χ3n) is 4.33. The van der Waals surface area contributed by atoms with Crippen LogP contribution >= 0.6 is 0 Å². The third-order valence-corrected chi connectivity index (χ3v) is 4.33. The van der Waals surface area contributed by atoms with Gasteiger partial charge in [-0.25, -0.2) is 4.68 Å². The van der Waals surface area contributed by atoms with Crippen molar-refractivity contribution in [1.29, 1.82) is 0 Å². The van der Waals surface area contributed by atoms with Crippen LogP contribution in [-0.4, -0.2) is 34.2 Å². The molecule has 1 saturated carbocycles. The first-order valence-electron chi connectivity index (χ1n) is 8.26. The zero-order valence-corrected chi connectivity index (χ0v) is 13.6. The van der Waals surface area contributed by atoms with Crippen LogP contribution in [0.2, 0.25) is 0 Å². The topological polar surface area (TPSA) is 63.3 Å². The maximum Gasteiger partial charge on any atom is 0.226 e. The standard InChI is InChI=1S/C17H24N4O2/c1-20(13-15-7-4-12-23-15)11-9-17(22)19-16-8-10-18-21(16)14-5-2-3-6-14/h4,7-8,10,12,14H,2-3,5-6,9,11,13H2,1H3,(H,19,22). The SMILES string of the molecule is CN(CCC(=O)Nc1ccnn1C1CCCC1)Cc1ccco1. The van der Waals surface area contributed by atoms with E-state index in [0.717, 1.165) is 24.4 Å². The molecule has 1 aliphatic rings. The Morgan fingerprint density at radius 1 is 1.43 bits per heavy atom. The average Bonchev–Trinajstić information content (AvgIpc) is 3.26. The van der Waals surface area contributed by atoms with Gasteiger partial charge in [-0.05, 0) is 32.0 Å². The van der Waals surface area contributed by atoms with Crippen molar-refractivity contribution in [3.8, 4) is 0 Å². The van der Waals surface area contributed by atoms with Gasteiger partial charge < -0.3 is 9.73 Å². The molecule has 0 atom stereocenters. The number of hydrogen-bond donors (Lipinski definition) is 1. The molecule has 0 radical (unpaired) electrons. The van der Waals surface area contributed by atoms with Gasteiger partial charge in [-0.1, -0.05) is 12.8 Å². The van der Waals surface area contributed by atoms with E-state index in [1.165, 1.54) is 12.8 Å². The fraction of sp³-hybridized carbons (Fsp3) is 0.529. The van der Waals surface area contributed by atoms with E-state index in [9.17, 15) is 4.79 Å². The highest BCUT2D eigenvalue weighted by Gasteiger charge is 2.20. The molecule has 3 rings (SSSR count). The van der Waals surface area contributed by atoms with Crippen molar-refractivity contribution in [2.24, 2.45) is 0 Å². The Morgan fingerprint density at radius 2 is 2.26 bits per heavy atom. The van der Waals surface area contributed by atoms with Crippen LogP contribution in [0, 0.1) is 0 Å². The van der Waals surface area contributed by atoms with Crippen LogP contribution in [0.3, 0.4) is 0 Å².